The highest BCUT2D eigenvalue weighted by molar-refractivity contribution is 5.94. The second-order valence-electron chi connectivity index (χ2n) is 8.95. The van der Waals surface area contributed by atoms with Gasteiger partial charge >= 0.3 is 0 Å². The van der Waals surface area contributed by atoms with Crippen molar-refractivity contribution in [2.75, 3.05) is 13.1 Å². The molecule has 3 atom stereocenters. The summed E-state index contributed by atoms with van der Waals surface area (Å²) in [7, 11) is 0. The first kappa shape index (κ1) is 19.9. The van der Waals surface area contributed by atoms with Gasteiger partial charge in [-0.25, -0.2) is 0 Å². The summed E-state index contributed by atoms with van der Waals surface area (Å²) in [5, 5.41) is 7.29. The van der Waals surface area contributed by atoms with Crippen LogP contribution >= 0.6 is 0 Å². The molecule has 3 aromatic rings. The number of carbonyl (C=O) groups is 1. The van der Waals surface area contributed by atoms with Crippen molar-refractivity contribution in [2.45, 2.75) is 44.7 Å². The Morgan fingerprint density at radius 3 is 2.77 bits per heavy atom. The van der Waals surface area contributed by atoms with Crippen LogP contribution in [0.15, 0.2) is 53.2 Å². The van der Waals surface area contributed by atoms with Gasteiger partial charge in [-0.3, -0.25) is 14.7 Å². The number of benzene rings is 1. The van der Waals surface area contributed by atoms with E-state index in [2.05, 4.69) is 49.6 Å². The second-order valence-corrected chi connectivity index (χ2v) is 8.95. The van der Waals surface area contributed by atoms with Crippen molar-refractivity contribution < 1.29 is 9.32 Å². The predicted molar refractivity (Wildman–Crippen MR) is 115 cm³/mol. The van der Waals surface area contributed by atoms with E-state index >= 15 is 0 Å². The lowest BCUT2D eigenvalue weighted by Crippen LogP contribution is -2.38. The number of hydrogen-bond acceptors (Lipinski definition) is 6. The van der Waals surface area contributed by atoms with E-state index in [1.54, 1.807) is 6.20 Å². The number of rotatable bonds is 5. The summed E-state index contributed by atoms with van der Waals surface area (Å²) < 4.78 is 5.69. The Bertz CT molecular complexity index is 1070. The number of likely N-dealkylation sites (tertiary alicyclic amines) is 1. The van der Waals surface area contributed by atoms with Gasteiger partial charge in [0, 0.05) is 37.6 Å². The summed E-state index contributed by atoms with van der Waals surface area (Å²) in [6, 6.07) is 14.3. The molecule has 7 nitrogen and oxygen atoms in total. The van der Waals surface area contributed by atoms with E-state index in [1.807, 2.05) is 32.0 Å². The van der Waals surface area contributed by atoms with Crippen LogP contribution < -0.4 is 5.32 Å². The monoisotopic (exact) mass is 417 g/mol. The molecule has 5 rings (SSSR count). The Morgan fingerprint density at radius 2 is 2.06 bits per heavy atom. The Labute approximate surface area is 181 Å². The molecule has 0 radical (unpaired) electrons. The van der Waals surface area contributed by atoms with Gasteiger partial charge in [0.05, 0.1) is 11.0 Å². The number of pyridine rings is 1. The zero-order valence-corrected chi connectivity index (χ0v) is 17.9. The molecule has 2 aliphatic rings. The Morgan fingerprint density at radius 1 is 1.23 bits per heavy atom. The smallest absolute Gasteiger partial charge is 0.253 e. The molecule has 1 saturated carbocycles. The third kappa shape index (κ3) is 3.85. The second kappa shape index (κ2) is 7.89. The summed E-state index contributed by atoms with van der Waals surface area (Å²) in [6.45, 7) is 6.48. The number of carbonyl (C=O) groups excluding carboxylic acids is 1. The van der Waals surface area contributed by atoms with Crippen molar-refractivity contribution in [3.05, 3.63) is 77.2 Å². The fourth-order valence-corrected chi connectivity index (χ4v) is 5.25. The van der Waals surface area contributed by atoms with Gasteiger partial charge in [-0.15, -0.1) is 0 Å². The molecule has 2 aromatic heterocycles. The van der Waals surface area contributed by atoms with E-state index < -0.39 is 0 Å². The van der Waals surface area contributed by atoms with E-state index in [9.17, 15) is 4.79 Å². The fraction of sp³-hybridized carbons (Fsp3) is 0.417. The fourth-order valence-electron chi connectivity index (χ4n) is 5.25. The van der Waals surface area contributed by atoms with Gasteiger partial charge in [0.25, 0.3) is 5.91 Å². The van der Waals surface area contributed by atoms with Gasteiger partial charge in [0.15, 0.2) is 5.82 Å². The largest absolute Gasteiger partial charge is 0.349 e. The van der Waals surface area contributed by atoms with Gasteiger partial charge in [0.2, 0.25) is 5.89 Å². The number of aryl methyl sites for hydroxylation is 2. The highest BCUT2D eigenvalue weighted by Crippen LogP contribution is 2.50. The molecule has 0 spiro atoms. The third-order valence-electron chi connectivity index (χ3n) is 6.66. The molecule has 1 amide bonds. The average molecular weight is 418 g/mol. The number of hydrogen-bond donors (Lipinski definition) is 1. The van der Waals surface area contributed by atoms with Crippen molar-refractivity contribution in [3.8, 4) is 0 Å². The van der Waals surface area contributed by atoms with Gasteiger partial charge in [-0.2, -0.15) is 4.98 Å². The maximum absolute atomic E-state index is 12.8. The van der Waals surface area contributed by atoms with Crippen molar-refractivity contribution >= 4 is 5.91 Å². The Kier molecular flexibility index (Phi) is 5.06. The first-order valence-electron chi connectivity index (χ1n) is 10.8. The molecule has 1 aromatic carbocycles. The summed E-state index contributed by atoms with van der Waals surface area (Å²) in [6.07, 6.45) is 3.34. The number of fused-ring (bicyclic) bond motifs is 1. The Balaban J connectivity index is 1.34. The Hall–Kier alpha value is -3.06. The maximum Gasteiger partial charge on any atom is 0.253 e. The van der Waals surface area contributed by atoms with Crippen LogP contribution in [0.2, 0.25) is 0 Å². The van der Waals surface area contributed by atoms with Crippen molar-refractivity contribution in [1.29, 1.82) is 0 Å². The molecule has 31 heavy (non-hydrogen) atoms. The van der Waals surface area contributed by atoms with Crippen LogP contribution in [0.5, 0.6) is 0 Å². The number of aromatic nitrogens is 3. The average Bonchev–Trinajstić information content (AvgIpc) is 3.42. The van der Waals surface area contributed by atoms with E-state index in [0.29, 0.717) is 23.2 Å². The lowest BCUT2D eigenvalue weighted by atomic mass is 9.80. The van der Waals surface area contributed by atoms with Crippen molar-refractivity contribution in [3.63, 3.8) is 0 Å². The third-order valence-corrected chi connectivity index (χ3v) is 6.66. The minimum absolute atomic E-state index is 0.0736. The minimum atomic E-state index is -0.223. The van der Waals surface area contributed by atoms with E-state index in [-0.39, 0.29) is 17.4 Å². The van der Waals surface area contributed by atoms with Gasteiger partial charge in [0.1, 0.15) is 0 Å². The van der Waals surface area contributed by atoms with Crippen LogP contribution in [-0.2, 0) is 12.0 Å². The minimum Gasteiger partial charge on any atom is -0.349 e. The maximum atomic E-state index is 12.8. The van der Waals surface area contributed by atoms with E-state index in [1.165, 1.54) is 5.56 Å². The van der Waals surface area contributed by atoms with Crippen LogP contribution in [-0.4, -0.2) is 45.1 Å². The molecule has 3 heterocycles. The number of amides is 1. The highest BCUT2D eigenvalue weighted by Gasteiger charge is 2.57. The molecule has 1 aliphatic carbocycles. The molecule has 0 bridgehead atoms. The summed E-state index contributed by atoms with van der Waals surface area (Å²) in [4.78, 5) is 24.1. The normalized spacial score (nSPS) is 25.5. The van der Waals surface area contributed by atoms with E-state index in [4.69, 9.17) is 4.52 Å². The lowest BCUT2D eigenvalue weighted by molar-refractivity contribution is 0.0933. The van der Waals surface area contributed by atoms with Crippen molar-refractivity contribution in [1.82, 2.24) is 25.3 Å². The van der Waals surface area contributed by atoms with Gasteiger partial charge < -0.3 is 9.84 Å². The molecule has 160 valence electrons. The van der Waals surface area contributed by atoms with Crippen LogP contribution in [0.25, 0.3) is 0 Å². The number of nitrogens with zero attached hydrogens (tertiary/aromatic N) is 4. The first-order valence-corrected chi connectivity index (χ1v) is 10.8. The van der Waals surface area contributed by atoms with Gasteiger partial charge in [-0.1, -0.05) is 35.5 Å². The van der Waals surface area contributed by atoms with Crippen LogP contribution in [0.4, 0.5) is 0 Å². The molecule has 0 unspecified atom stereocenters. The van der Waals surface area contributed by atoms with Crippen molar-refractivity contribution in [2.24, 2.45) is 5.92 Å². The topological polar surface area (TPSA) is 84.2 Å². The highest BCUT2D eigenvalue weighted by atomic mass is 16.5. The molecule has 1 aliphatic heterocycles. The molecule has 7 heteroatoms. The molecule has 1 N–H and O–H groups in total. The zero-order chi connectivity index (χ0) is 21.4. The van der Waals surface area contributed by atoms with Gasteiger partial charge in [-0.05, 0) is 50.3 Å². The molecule has 1 saturated heterocycles. The molecular weight excluding hydrogens is 390 g/mol. The number of nitrogens with one attached hydrogen (secondary N) is 1. The quantitative estimate of drug-likeness (QED) is 0.687. The summed E-state index contributed by atoms with van der Waals surface area (Å²) in [5.41, 5.74) is 2.57. The van der Waals surface area contributed by atoms with E-state index in [0.717, 1.165) is 38.2 Å². The standard InChI is InChI=1S/C24H27N5O2/c1-16-8-9-19(12-25-16)22(30)27-21-10-20-14-29(13-18-6-4-3-5-7-18)15-24(20,11-21)23-26-17(2)28-31-23/h3-9,12,20-21H,10-11,13-15H2,1-2H3,(H,27,30)/t20-,21+,24-/m0/s1. The predicted octanol–water partition coefficient (Wildman–Crippen LogP) is 3.04. The van der Waals surface area contributed by atoms with Crippen LogP contribution in [0.3, 0.4) is 0 Å². The van der Waals surface area contributed by atoms with Crippen LogP contribution in [0.1, 0.15) is 46.2 Å². The summed E-state index contributed by atoms with van der Waals surface area (Å²) in [5.74, 6) is 1.65. The molecule has 2 fully saturated rings. The summed E-state index contributed by atoms with van der Waals surface area (Å²) >= 11 is 0. The SMILES string of the molecule is Cc1ccc(C(=O)N[C@@H]2C[C@H]3CN(Cc4ccccc4)C[C@@]3(c3nc(C)no3)C2)cn1. The lowest BCUT2D eigenvalue weighted by Gasteiger charge is -2.25. The first-order chi connectivity index (χ1) is 15.0. The molecular formula is C24H27N5O2. The van der Waals surface area contributed by atoms with Crippen LogP contribution in [0, 0.1) is 19.8 Å². The zero-order valence-electron chi connectivity index (χ0n) is 17.9.